The molecular weight excluding hydrogens is 267 g/mol. The number of halogens is 1. The van der Waals surface area contributed by atoms with Crippen molar-refractivity contribution in [1.82, 2.24) is 5.32 Å². The van der Waals surface area contributed by atoms with Crippen LogP contribution in [0.4, 0.5) is 14.9 Å². The Hall–Kier alpha value is -2.44. The van der Waals surface area contributed by atoms with E-state index in [0.29, 0.717) is 12.0 Å². The number of ether oxygens (including phenoxy) is 1. The molecule has 2 rings (SSSR count). The highest BCUT2D eigenvalue weighted by atomic mass is 19.1. The van der Waals surface area contributed by atoms with Crippen LogP contribution in [0.1, 0.15) is 17.3 Å². The van der Waals surface area contributed by atoms with Crippen LogP contribution in [0.15, 0.2) is 18.2 Å². The Morgan fingerprint density at radius 3 is 2.95 bits per heavy atom. The number of benzene rings is 1. The molecule has 0 aromatic heterocycles. The highest BCUT2D eigenvalue weighted by Gasteiger charge is 2.32. The molecule has 2 amide bonds. The van der Waals surface area contributed by atoms with Crippen LogP contribution in [0.3, 0.4) is 0 Å². The van der Waals surface area contributed by atoms with E-state index in [1.165, 1.54) is 24.0 Å². The number of hydrogen-bond acceptors (Lipinski definition) is 4. The first kappa shape index (κ1) is 14.0. The van der Waals surface area contributed by atoms with Gasteiger partial charge in [0.25, 0.3) is 0 Å². The molecule has 1 aromatic carbocycles. The van der Waals surface area contributed by atoms with Crippen molar-refractivity contribution in [1.29, 1.82) is 0 Å². The van der Waals surface area contributed by atoms with Gasteiger partial charge in [-0.2, -0.15) is 0 Å². The summed E-state index contributed by atoms with van der Waals surface area (Å²) in [6.07, 6.45) is -0.695. The second-order valence-electron chi connectivity index (χ2n) is 4.38. The summed E-state index contributed by atoms with van der Waals surface area (Å²) in [7, 11) is 0. The summed E-state index contributed by atoms with van der Waals surface area (Å²) in [6, 6.07) is 3.87. The van der Waals surface area contributed by atoms with Crippen molar-refractivity contribution >= 4 is 24.0 Å². The average Bonchev–Trinajstić information content (AvgIpc) is 2.77. The SMILES string of the molecule is CC(=O)NCC1CN(c2ccc(C=O)c(F)c2)C(=O)O1. The molecule has 0 radical (unpaired) electrons. The van der Waals surface area contributed by atoms with Crippen molar-refractivity contribution in [3.8, 4) is 0 Å². The fourth-order valence-corrected chi connectivity index (χ4v) is 1.88. The van der Waals surface area contributed by atoms with Crippen LogP contribution in [-0.2, 0) is 9.53 Å². The van der Waals surface area contributed by atoms with Gasteiger partial charge in [0.05, 0.1) is 24.3 Å². The van der Waals surface area contributed by atoms with Gasteiger partial charge in [0.15, 0.2) is 6.29 Å². The monoisotopic (exact) mass is 280 g/mol. The quantitative estimate of drug-likeness (QED) is 0.838. The molecule has 1 unspecified atom stereocenters. The molecule has 0 spiro atoms. The maximum Gasteiger partial charge on any atom is 0.414 e. The van der Waals surface area contributed by atoms with Crippen molar-refractivity contribution in [2.45, 2.75) is 13.0 Å². The Bertz CT molecular complexity index is 561. The van der Waals surface area contributed by atoms with E-state index in [9.17, 15) is 18.8 Å². The number of rotatable bonds is 4. The number of nitrogens with one attached hydrogen (secondary N) is 1. The minimum atomic E-state index is -0.699. The molecular formula is C13H13FN2O4. The fraction of sp³-hybridized carbons (Fsp3) is 0.308. The Kier molecular flexibility index (Phi) is 3.97. The third kappa shape index (κ3) is 2.93. The predicted molar refractivity (Wildman–Crippen MR) is 68.1 cm³/mol. The lowest BCUT2D eigenvalue weighted by molar-refractivity contribution is -0.119. The molecule has 1 aromatic rings. The summed E-state index contributed by atoms with van der Waals surface area (Å²) >= 11 is 0. The lowest BCUT2D eigenvalue weighted by Crippen LogP contribution is -2.33. The first-order valence-corrected chi connectivity index (χ1v) is 5.98. The second kappa shape index (κ2) is 5.68. The molecule has 7 heteroatoms. The van der Waals surface area contributed by atoms with E-state index in [0.717, 1.165) is 6.07 Å². The Morgan fingerprint density at radius 1 is 1.60 bits per heavy atom. The summed E-state index contributed by atoms with van der Waals surface area (Å²) in [6.45, 7) is 1.77. The Balaban J connectivity index is 2.09. The maximum absolute atomic E-state index is 13.5. The van der Waals surface area contributed by atoms with Crippen molar-refractivity contribution in [3.05, 3.63) is 29.6 Å². The van der Waals surface area contributed by atoms with Crippen molar-refractivity contribution < 1.29 is 23.5 Å². The first-order chi connectivity index (χ1) is 9.51. The van der Waals surface area contributed by atoms with Gasteiger partial charge in [-0.15, -0.1) is 0 Å². The van der Waals surface area contributed by atoms with E-state index in [4.69, 9.17) is 4.74 Å². The summed E-state index contributed by atoms with van der Waals surface area (Å²) in [4.78, 5) is 34.3. The van der Waals surface area contributed by atoms with E-state index in [-0.39, 0.29) is 24.6 Å². The fourth-order valence-electron chi connectivity index (χ4n) is 1.88. The number of carbonyl (C=O) groups is 3. The molecule has 1 atom stereocenters. The molecule has 0 saturated carbocycles. The molecule has 6 nitrogen and oxygen atoms in total. The second-order valence-corrected chi connectivity index (χ2v) is 4.38. The number of amides is 2. The smallest absolute Gasteiger partial charge is 0.414 e. The van der Waals surface area contributed by atoms with E-state index < -0.39 is 18.0 Å². The zero-order chi connectivity index (χ0) is 14.7. The normalized spacial score (nSPS) is 17.8. The van der Waals surface area contributed by atoms with Crippen LogP contribution in [0.25, 0.3) is 0 Å². The predicted octanol–water partition coefficient (Wildman–Crippen LogP) is 1.10. The number of hydrogen-bond donors (Lipinski definition) is 1. The zero-order valence-corrected chi connectivity index (χ0v) is 10.8. The van der Waals surface area contributed by atoms with Crippen molar-refractivity contribution in [2.24, 2.45) is 0 Å². The number of anilines is 1. The average molecular weight is 280 g/mol. The van der Waals surface area contributed by atoms with Gasteiger partial charge >= 0.3 is 6.09 Å². The van der Waals surface area contributed by atoms with Crippen molar-refractivity contribution in [2.75, 3.05) is 18.0 Å². The molecule has 1 aliphatic heterocycles. The molecule has 0 aliphatic carbocycles. The summed E-state index contributed by atoms with van der Waals surface area (Å²) < 4.78 is 18.6. The van der Waals surface area contributed by atoms with Gasteiger partial charge in [-0.25, -0.2) is 9.18 Å². The van der Waals surface area contributed by atoms with Gasteiger partial charge in [0.1, 0.15) is 11.9 Å². The summed E-state index contributed by atoms with van der Waals surface area (Å²) in [5.41, 5.74) is 0.236. The van der Waals surface area contributed by atoms with E-state index in [2.05, 4.69) is 5.32 Å². The summed E-state index contributed by atoms with van der Waals surface area (Å²) in [5.74, 6) is -0.920. The highest BCUT2D eigenvalue weighted by molar-refractivity contribution is 5.90. The molecule has 1 N–H and O–H groups in total. The first-order valence-electron chi connectivity index (χ1n) is 5.98. The molecule has 1 fully saturated rings. The molecule has 1 heterocycles. The molecule has 1 saturated heterocycles. The van der Waals surface area contributed by atoms with Crippen LogP contribution >= 0.6 is 0 Å². The Labute approximate surface area is 114 Å². The van der Waals surface area contributed by atoms with Crippen LogP contribution in [0.2, 0.25) is 0 Å². The van der Waals surface area contributed by atoms with E-state index in [1.54, 1.807) is 0 Å². The standard InChI is InChI=1S/C13H13FN2O4/c1-8(18)15-5-11-6-16(13(19)20-11)10-3-2-9(7-17)12(14)4-10/h2-4,7,11H,5-6H2,1H3,(H,15,18). The van der Waals surface area contributed by atoms with Gasteiger partial charge < -0.3 is 10.1 Å². The third-order valence-electron chi connectivity index (χ3n) is 2.88. The minimum Gasteiger partial charge on any atom is -0.442 e. The zero-order valence-electron chi connectivity index (χ0n) is 10.8. The molecule has 1 aliphatic rings. The van der Waals surface area contributed by atoms with Gasteiger partial charge in [-0.05, 0) is 18.2 Å². The molecule has 20 heavy (non-hydrogen) atoms. The van der Waals surface area contributed by atoms with Crippen LogP contribution in [0.5, 0.6) is 0 Å². The van der Waals surface area contributed by atoms with E-state index >= 15 is 0 Å². The third-order valence-corrected chi connectivity index (χ3v) is 2.88. The number of aldehydes is 1. The van der Waals surface area contributed by atoms with Gasteiger partial charge in [-0.3, -0.25) is 14.5 Å². The van der Waals surface area contributed by atoms with Gasteiger partial charge in [0, 0.05) is 6.92 Å². The van der Waals surface area contributed by atoms with Crippen LogP contribution in [0, 0.1) is 5.82 Å². The Morgan fingerprint density at radius 2 is 2.35 bits per heavy atom. The minimum absolute atomic E-state index is 0.0730. The number of carbonyl (C=O) groups excluding carboxylic acids is 3. The molecule has 0 bridgehead atoms. The summed E-state index contributed by atoms with van der Waals surface area (Å²) in [5, 5.41) is 2.55. The topological polar surface area (TPSA) is 75.7 Å². The lowest BCUT2D eigenvalue weighted by Gasteiger charge is -2.13. The number of nitrogens with zero attached hydrogens (tertiary/aromatic N) is 1. The van der Waals surface area contributed by atoms with Crippen LogP contribution < -0.4 is 10.2 Å². The van der Waals surface area contributed by atoms with Crippen molar-refractivity contribution in [3.63, 3.8) is 0 Å². The van der Waals surface area contributed by atoms with Gasteiger partial charge in [0.2, 0.25) is 5.91 Å². The highest BCUT2D eigenvalue weighted by Crippen LogP contribution is 2.23. The molecule has 106 valence electrons. The van der Waals surface area contributed by atoms with E-state index in [1.807, 2.05) is 0 Å². The lowest BCUT2D eigenvalue weighted by atomic mass is 10.2. The number of cyclic esters (lactones) is 1. The van der Waals surface area contributed by atoms with Crippen LogP contribution in [-0.4, -0.2) is 37.5 Å². The van der Waals surface area contributed by atoms with Gasteiger partial charge in [-0.1, -0.05) is 0 Å². The largest absolute Gasteiger partial charge is 0.442 e. The maximum atomic E-state index is 13.5.